The maximum atomic E-state index is 11.1. The summed E-state index contributed by atoms with van der Waals surface area (Å²) in [5.41, 5.74) is 0. The van der Waals surface area contributed by atoms with Gasteiger partial charge in [0.15, 0.2) is 0 Å². The van der Waals surface area contributed by atoms with Crippen LogP contribution in [0.1, 0.15) is 6.92 Å². The third-order valence-corrected chi connectivity index (χ3v) is 1.46. The van der Waals surface area contributed by atoms with Crippen molar-refractivity contribution in [3.63, 3.8) is 0 Å². The van der Waals surface area contributed by atoms with Crippen molar-refractivity contribution in [1.29, 1.82) is 0 Å². The van der Waals surface area contributed by atoms with E-state index in [9.17, 15) is 4.79 Å². The Balaban J connectivity index is 4.23. The van der Waals surface area contributed by atoms with Crippen LogP contribution in [0.25, 0.3) is 0 Å². The molecule has 74 valence electrons. The number of rotatable bonds is 4. The lowest BCUT2D eigenvalue weighted by Gasteiger charge is -2.11. The molecule has 1 unspecified atom stereocenters. The minimum atomic E-state index is -0.602. The van der Waals surface area contributed by atoms with Gasteiger partial charge in [0.05, 0.1) is 0 Å². The third kappa shape index (κ3) is 3.59. The summed E-state index contributed by atoms with van der Waals surface area (Å²) in [6.45, 7) is 5.22. The third-order valence-electron chi connectivity index (χ3n) is 1.46. The summed E-state index contributed by atoms with van der Waals surface area (Å²) < 4.78 is 4.95. The van der Waals surface area contributed by atoms with E-state index in [2.05, 4.69) is 17.1 Å². The first kappa shape index (κ1) is 11.5. The Morgan fingerprint density at radius 3 is 2.85 bits per heavy atom. The molecule has 0 aliphatic carbocycles. The molecule has 0 rings (SSSR count). The van der Waals surface area contributed by atoms with Crippen LogP contribution in [0.2, 0.25) is 0 Å². The van der Waals surface area contributed by atoms with Crippen molar-refractivity contribution in [3.8, 4) is 0 Å². The summed E-state index contributed by atoms with van der Waals surface area (Å²) in [6.07, 6.45) is 1.50. The number of oxime groups is 1. The fraction of sp³-hybridized carbons (Fsp3) is 0.500. The van der Waals surface area contributed by atoms with Crippen molar-refractivity contribution in [1.82, 2.24) is 5.32 Å². The SMILES string of the molecule is C=CCO/C(=N/O)C(C)C(=O)NC. The van der Waals surface area contributed by atoms with Gasteiger partial charge in [0.25, 0.3) is 0 Å². The van der Waals surface area contributed by atoms with Gasteiger partial charge in [-0.3, -0.25) is 4.79 Å². The van der Waals surface area contributed by atoms with Gasteiger partial charge in [0.1, 0.15) is 12.5 Å². The molecular weight excluding hydrogens is 172 g/mol. The molecule has 0 radical (unpaired) electrons. The fourth-order valence-corrected chi connectivity index (χ4v) is 0.713. The molecule has 0 aromatic heterocycles. The fourth-order valence-electron chi connectivity index (χ4n) is 0.713. The molecule has 5 heteroatoms. The van der Waals surface area contributed by atoms with Crippen LogP contribution in [-0.4, -0.2) is 30.7 Å². The van der Waals surface area contributed by atoms with Gasteiger partial charge in [0.2, 0.25) is 11.8 Å². The summed E-state index contributed by atoms with van der Waals surface area (Å²) in [6, 6.07) is 0. The van der Waals surface area contributed by atoms with E-state index in [1.165, 1.54) is 13.1 Å². The number of carbonyl (C=O) groups excluding carboxylic acids is 1. The van der Waals surface area contributed by atoms with E-state index in [0.29, 0.717) is 0 Å². The van der Waals surface area contributed by atoms with E-state index in [4.69, 9.17) is 9.94 Å². The highest BCUT2D eigenvalue weighted by Crippen LogP contribution is 2.00. The number of amides is 1. The molecule has 0 saturated heterocycles. The van der Waals surface area contributed by atoms with Gasteiger partial charge in [-0.15, -0.1) is 0 Å². The van der Waals surface area contributed by atoms with Crippen LogP contribution in [0.5, 0.6) is 0 Å². The molecular formula is C8H14N2O3. The lowest BCUT2D eigenvalue weighted by molar-refractivity contribution is -0.122. The van der Waals surface area contributed by atoms with Gasteiger partial charge in [-0.1, -0.05) is 17.8 Å². The van der Waals surface area contributed by atoms with Crippen LogP contribution < -0.4 is 5.32 Å². The molecule has 1 amide bonds. The Bertz CT molecular complexity index is 213. The second-order valence-electron chi connectivity index (χ2n) is 2.37. The maximum absolute atomic E-state index is 11.1. The van der Waals surface area contributed by atoms with Crippen LogP contribution in [0.4, 0.5) is 0 Å². The van der Waals surface area contributed by atoms with Crippen molar-refractivity contribution >= 4 is 11.8 Å². The number of hydrogen-bond donors (Lipinski definition) is 2. The highest BCUT2D eigenvalue weighted by atomic mass is 16.5. The molecule has 0 bridgehead atoms. The number of ether oxygens (including phenoxy) is 1. The Labute approximate surface area is 77.1 Å². The zero-order valence-electron chi connectivity index (χ0n) is 7.78. The molecule has 0 aliphatic rings. The molecule has 1 atom stereocenters. The first-order valence-electron chi connectivity index (χ1n) is 3.84. The van der Waals surface area contributed by atoms with Crippen molar-refractivity contribution in [2.75, 3.05) is 13.7 Å². The van der Waals surface area contributed by atoms with E-state index in [-0.39, 0.29) is 18.4 Å². The lowest BCUT2D eigenvalue weighted by Crippen LogP contribution is -2.32. The maximum Gasteiger partial charge on any atom is 0.238 e. The average molecular weight is 186 g/mol. The molecule has 0 spiro atoms. The van der Waals surface area contributed by atoms with E-state index in [1.54, 1.807) is 6.92 Å². The Kier molecular flexibility index (Phi) is 5.34. The Morgan fingerprint density at radius 2 is 2.46 bits per heavy atom. The van der Waals surface area contributed by atoms with Crippen LogP contribution in [0.15, 0.2) is 17.8 Å². The highest BCUT2D eigenvalue weighted by Gasteiger charge is 2.19. The van der Waals surface area contributed by atoms with Gasteiger partial charge in [-0.05, 0) is 6.92 Å². The van der Waals surface area contributed by atoms with Gasteiger partial charge in [-0.25, -0.2) is 0 Å². The molecule has 0 aromatic rings. The van der Waals surface area contributed by atoms with Crippen LogP contribution in [-0.2, 0) is 9.53 Å². The normalized spacial score (nSPS) is 13.2. The number of nitrogens with one attached hydrogen (secondary N) is 1. The van der Waals surface area contributed by atoms with E-state index < -0.39 is 5.92 Å². The molecule has 2 N–H and O–H groups in total. The summed E-state index contributed by atoms with van der Waals surface area (Å²) >= 11 is 0. The van der Waals surface area contributed by atoms with Gasteiger partial charge >= 0.3 is 0 Å². The molecule has 13 heavy (non-hydrogen) atoms. The lowest BCUT2D eigenvalue weighted by atomic mass is 10.1. The summed E-state index contributed by atoms with van der Waals surface area (Å²) in [5, 5.41) is 13.8. The molecule has 0 saturated carbocycles. The highest BCUT2D eigenvalue weighted by molar-refractivity contribution is 5.99. The quantitative estimate of drug-likeness (QED) is 0.219. The van der Waals surface area contributed by atoms with Crippen molar-refractivity contribution in [2.24, 2.45) is 11.1 Å². The average Bonchev–Trinajstić information content (AvgIpc) is 2.17. The number of nitrogens with zero attached hydrogens (tertiary/aromatic N) is 1. The second-order valence-corrected chi connectivity index (χ2v) is 2.37. The van der Waals surface area contributed by atoms with Crippen molar-refractivity contribution in [2.45, 2.75) is 6.92 Å². The zero-order valence-corrected chi connectivity index (χ0v) is 7.78. The minimum absolute atomic E-state index is 0.0146. The predicted octanol–water partition coefficient (Wildman–Crippen LogP) is 0.359. The zero-order chi connectivity index (χ0) is 10.3. The number of hydrogen-bond acceptors (Lipinski definition) is 4. The van der Waals surface area contributed by atoms with E-state index >= 15 is 0 Å². The van der Waals surface area contributed by atoms with Crippen LogP contribution in [0, 0.1) is 5.92 Å². The standard InChI is InChI=1S/C8H14N2O3/c1-4-5-13-8(10-12)6(2)7(11)9-3/h4,6,12H,1,5H2,2-3H3,(H,9,11)/b10-8+. The molecule has 0 aromatic carbocycles. The van der Waals surface area contributed by atoms with Gasteiger partial charge in [0, 0.05) is 7.05 Å². The molecule has 5 nitrogen and oxygen atoms in total. The first-order valence-corrected chi connectivity index (χ1v) is 3.84. The summed E-state index contributed by atoms with van der Waals surface area (Å²) in [4.78, 5) is 11.1. The van der Waals surface area contributed by atoms with Crippen molar-refractivity contribution < 1.29 is 14.7 Å². The van der Waals surface area contributed by atoms with Gasteiger partial charge < -0.3 is 15.3 Å². The predicted molar refractivity (Wildman–Crippen MR) is 48.6 cm³/mol. The monoisotopic (exact) mass is 186 g/mol. The smallest absolute Gasteiger partial charge is 0.238 e. The van der Waals surface area contributed by atoms with Crippen LogP contribution >= 0.6 is 0 Å². The van der Waals surface area contributed by atoms with E-state index in [1.807, 2.05) is 0 Å². The molecule has 0 aliphatic heterocycles. The summed E-state index contributed by atoms with van der Waals surface area (Å²) in [5.74, 6) is -0.883. The summed E-state index contributed by atoms with van der Waals surface area (Å²) in [7, 11) is 1.50. The Morgan fingerprint density at radius 1 is 1.85 bits per heavy atom. The van der Waals surface area contributed by atoms with E-state index in [0.717, 1.165) is 0 Å². The van der Waals surface area contributed by atoms with Crippen LogP contribution in [0.3, 0.4) is 0 Å². The first-order chi connectivity index (χ1) is 6.17. The second kappa shape index (κ2) is 6.05. The largest absolute Gasteiger partial charge is 0.474 e. The van der Waals surface area contributed by atoms with Crippen molar-refractivity contribution in [3.05, 3.63) is 12.7 Å². The minimum Gasteiger partial charge on any atom is -0.474 e. The van der Waals surface area contributed by atoms with Gasteiger partial charge in [-0.2, -0.15) is 0 Å². The molecule has 0 fully saturated rings. The Hall–Kier alpha value is -1.52. The number of carbonyl (C=O) groups is 1. The topological polar surface area (TPSA) is 70.9 Å². The molecule has 0 heterocycles.